The van der Waals surface area contributed by atoms with E-state index in [0.29, 0.717) is 6.04 Å². The predicted octanol–water partition coefficient (Wildman–Crippen LogP) is 3.21. The third-order valence-electron chi connectivity index (χ3n) is 3.26. The van der Waals surface area contributed by atoms with E-state index in [2.05, 4.69) is 17.2 Å². The monoisotopic (exact) mass is 208 g/mol. The molecule has 1 aromatic heterocycles. The van der Waals surface area contributed by atoms with Crippen molar-refractivity contribution >= 4 is 5.69 Å². The van der Waals surface area contributed by atoms with Gasteiger partial charge in [-0.2, -0.15) is 4.39 Å². The van der Waals surface area contributed by atoms with E-state index in [0.717, 1.165) is 11.6 Å². The zero-order valence-electron chi connectivity index (χ0n) is 9.04. The van der Waals surface area contributed by atoms with Crippen LogP contribution in [0.2, 0.25) is 0 Å². The van der Waals surface area contributed by atoms with Crippen LogP contribution in [-0.2, 0) is 0 Å². The lowest BCUT2D eigenvalue weighted by Gasteiger charge is -2.20. The SMILES string of the molecule is CCC1CCCC1Nc1ccc(F)nc1. The van der Waals surface area contributed by atoms with Crippen molar-refractivity contribution in [2.45, 2.75) is 38.6 Å². The fourth-order valence-corrected chi connectivity index (χ4v) is 2.39. The van der Waals surface area contributed by atoms with Crippen LogP contribution in [0.3, 0.4) is 0 Å². The number of hydrogen-bond acceptors (Lipinski definition) is 2. The minimum absolute atomic E-state index is 0.418. The molecule has 0 aliphatic heterocycles. The molecule has 1 heterocycles. The van der Waals surface area contributed by atoms with E-state index in [1.807, 2.05) is 0 Å². The molecule has 15 heavy (non-hydrogen) atoms. The van der Waals surface area contributed by atoms with Crippen LogP contribution in [0, 0.1) is 11.9 Å². The first kappa shape index (κ1) is 10.4. The first-order valence-electron chi connectivity index (χ1n) is 5.67. The summed E-state index contributed by atoms with van der Waals surface area (Å²) < 4.78 is 12.6. The van der Waals surface area contributed by atoms with E-state index in [1.165, 1.54) is 31.7 Å². The molecule has 0 saturated heterocycles. The lowest BCUT2D eigenvalue weighted by Crippen LogP contribution is -2.23. The zero-order valence-corrected chi connectivity index (χ0v) is 9.04. The van der Waals surface area contributed by atoms with Gasteiger partial charge in [0.05, 0.1) is 11.9 Å². The van der Waals surface area contributed by atoms with Crippen molar-refractivity contribution in [3.8, 4) is 0 Å². The second kappa shape index (κ2) is 4.60. The first-order chi connectivity index (χ1) is 7.29. The van der Waals surface area contributed by atoms with Crippen LogP contribution in [0.1, 0.15) is 32.6 Å². The van der Waals surface area contributed by atoms with Crippen LogP contribution in [0.5, 0.6) is 0 Å². The van der Waals surface area contributed by atoms with Gasteiger partial charge in [0, 0.05) is 6.04 Å². The molecule has 1 aliphatic carbocycles. The standard InChI is InChI=1S/C12H17FN2/c1-2-9-4-3-5-11(9)15-10-6-7-12(13)14-8-10/h6-9,11,15H,2-5H2,1H3. The molecule has 2 nitrogen and oxygen atoms in total. The molecule has 1 fully saturated rings. The van der Waals surface area contributed by atoms with Gasteiger partial charge in [-0.1, -0.05) is 19.8 Å². The van der Waals surface area contributed by atoms with Crippen LogP contribution >= 0.6 is 0 Å². The van der Waals surface area contributed by atoms with Gasteiger partial charge >= 0.3 is 0 Å². The molecular formula is C12H17FN2. The fraction of sp³-hybridized carbons (Fsp3) is 0.583. The number of pyridine rings is 1. The quantitative estimate of drug-likeness (QED) is 0.771. The number of halogens is 1. The summed E-state index contributed by atoms with van der Waals surface area (Å²) in [5.41, 5.74) is 0.932. The second-order valence-corrected chi connectivity index (χ2v) is 4.22. The van der Waals surface area contributed by atoms with Crippen molar-refractivity contribution in [2.75, 3.05) is 5.32 Å². The molecule has 1 saturated carbocycles. The van der Waals surface area contributed by atoms with Crippen LogP contribution in [0.4, 0.5) is 10.1 Å². The second-order valence-electron chi connectivity index (χ2n) is 4.22. The van der Waals surface area contributed by atoms with E-state index < -0.39 is 5.95 Å². The molecule has 82 valence electrons. The largest absolute Gasteiger partial charge is 0.381 e. The van der Waals surface area contributed by atoms with Crippen molar-refractivity contribution in [1.82, 2.24) is 4.98 Å². The summed E-state index contributed by atoms with van der Waals surface area (Å²) in [6, 6.07) is 3.70. The highest BCUT2D eigenvalue weighted by molar-refractivity contribution is 5.41. The van der Waals surface area contributed by atoms with E-state index in [4.69, 9.17) is 0 Å². The number of anilines is 1. The minimum Gasteiger partial charge on any atom is -0.381 e. The van der Waals surface area contributed by atoms with Crippen LogP contribution < -0.4 is 5.32 Å². The van der Waals surface area contributed by atoms with E-state index in [9.17, 15) is 4.39 Å². The molecule has 2 unspecified atom stereocenters. The van der Waals surface area contributed by atoms with Crippen molar-refractivity contribution in [2.24, 2.45) is 5.92 Å². The third kappa shape index (κ3) is 2.46. The van der Waals surface area contributed by atoms with Gasteiger partial charge in [-0.25, -0.2) is 4.98 Å². The van der Waals surface area contributed by atoms with Gasteiger partial charge in [0.1, 0.15) is 0 Å². The Bertz CT molecular complexity index is 310. The Morgan fingerprint density at radius 1 is 1.47 bits per heavy atom. The van der Waals surface area contributed by atoms with E-state index in [-0.39, 0.29) is 0 Å². The van der Waals surface area contributed by atoms with Crippen molar-refractivity contribution < 1.29 is 4.39 Å². The van der Waals surface area contributed by atoms with Crippen molar-refractivity contribution in [3.63, 3.8) is 0 Å². The average Bonchev–Trinajstić information content (AvgIpc) is 2.69. The molecule has 2 rings (SSSR count). The number of hydrogen-bond donors (Lipinski definition) is 1. The molecule has 0 amide bonds. The van der Waals surface area contributed by atoms with Gasteiger partial charge in [-0.15, -0.1) is 0 Å². The minimum atomic E-state index is -0.418. The summed E-state index contributed by atoms with van der Waals surface area (Å²) in [7, 11) is 0. The lowest BCUT2D eigenvalue weighted by atomic mass is 10.0. The normalized spacial score (nSPS) is 25.5. The Balaban J connectivity index is 1.99. The molecule has 0 spiro atoms. The summed E-state index contributed by atoms with van der Waals surface area (Å²) in [5.74, 6) is 0.342. The Kier molecular flexibility index (Phi) is 3.19. The topological polar surface area (TPSA) is 24.9 Å². The van der Waals surface area contributed by atoms with Crippen LogP contribution in [-0.4, -0.2) is 11.0 Å². The van der Waals surface area contributed by atoms with Gasteiger partial charge in [0.15, 0.2) is 0 Å². The highest BCUT2D eigenvalue weighted by atomic mass is 19.1. The Morgan fingerprint density at radius 2 is 2.33 bits per heavy atom. The predicted molar refractivity (Wildman–Crippen MR) is 59.2 cm³/mol. The number of aromatic nitrogens is 1. The van der Waals surface area contributed by atoms with Gasteiger partial charge in [0.25, 0.3) is 0 Å². The van der Waals surface area contributed by atoms with E-state index >= 15 is 0 Å². The maximum Gasteiger partial charge on any atom is 0.212 e. The van der Waals surface area contributed by atoms with E-state index in [1.54, 1.807) is 12.3 Å². The van der Waals surface area contributed by atoms with Gasteiger partial charge in [-0.3, -0.25) is 0 Å². The summed E-state index contributed by atoms with van der Waals surface area (Å²) in [6.45, 7) is 2.23. The highest BCUT2D eigenvalue weighted by Crippen LogP contribution is 2.30. The molecule has 1 N–H and O–H groups in total. The Morgan fingerprint density at radius 3 is 3.00 bits per heavy atom. The lowest BCUT2D eigenvalue weighted by molar-refractivity contribution is 0.488. The molecule has 0 radical (unpaired) electrons. The zero-order chi connectivity index (χ0) is 10.7. The molecular weight excluding hydrogens is 191 g/mol. The van der Waals surface area contributed by atoms with Gasteiger partial charge in [-0.05, 0) is 30.9 Å². The fourth-order valence-electron chi connectivity index (χ4n) is 2.39. The smallest absolute Gasteiger partial charge is 0.212 e. The summed E-state index contributed by atoms with van der Waals surface area (Å²) in [6.07, 6.45) is 6.61. The maximum atomic E-state index is 12.6. The number of nitrogens with zero attached hydrogens (tertiary/aromatic N) is 1. The van der Waals surface area contributed by atoms with Gasteiger partial charge < -0.3 is 5.32 Å². The number of rotatable bonds is 3. The highest BCUT2D eigenvalue weighted by Gasteiger charge is 2.25. The molecule has 3 heteroatoms. The summed E-state index contributed by atoms with van der Waals surface area (Å²) >= 11 is 0. The Labute approximate surface area is 89.9 Å². The molecule has 0 aromatic carbocycles. The van der Waals surface area contributed by atoms with Crippen LogP contribution in [0.25, 0.3) is 0 Å². The first-order valence-corrected chi connectivity index (χ1v) is 5.67. The molecule has 2 atom stereocenters. The maximum absolute atomic E-state index is 12.6. The summed E-state index contributed by atoms with van der Waals surface area (Å²) in [5, 5.41) is 3.44. The molecule has 1 aliphatic rings. The van der Waals surface area contributed by atoms with Crippen LogP contribution in [0.15, 0.2) is 18.3 Å². The summed E-state index contributed by atoms with van der Waals surface area (Å²) in [4.78, 5) is 3.64. The average molecular weight is 208 g/mol. The number of nitrogens with one attached hydrogen (secondary N) is 1. The third-order valence-corrected chi connectivity index (χ3v) is 3.26. The van der Waals surface area contributed by atoms with Gasteiger partial charge in [0.2, 0.25) is 5.95 Å². The Hall–Kier alpha value is -1.12. The van der Waals surface area contributed by atoms with Crippen molar-refractivity contribution in [1.29, 1.82) is 0 Å². The molecule has 1 aromatic rings. The molecule has 0 bridgehead atoms. The van der Waals surface area contributed by atoms with Crippen molar-refractivity contribution in [3.05, 3.63) is 24.3 Å².